The molecule has 3 aliphatic carbocycles. The molecule has 2 aromatic rings. The molecule has 0 bridgehead atoms. The lowest BCUT2D eigenvalue weighted by Crippen LogP contribution is -2.65. The lowest BCUT2D eigenvalue weighted by Gasteiger charge is -2.50. The number of methoxy groups -OCH3 is 1. The number of carbonyl (C=O) groups excluding carboxylic acids is 3. The van der Waals surface area contributed by atoms with Crippen LogP contribution in [0.3, 0.4) is 0 Å². The second-order valence-corrected chi connectivity index (χ2v) is 11.7. The Hall–Kier alpha value is -4.19. The standard InChI is InChI=1S/C32H37N3O8/c1-5-35(14-16-9-7-6-8-10-16)15-18-13-21(36)23-19(28(18)43-4)11-17-12-20-25(34(2)3)27(38)24(31(33)41)30(40)32(20,42)29(39)22(17)26(23)37/h6-10,13,17,20,25,36-37,40,42H,5,11-12,14-15H2,1-4H3,(H2,33,41)/t17-,20-,25-,32-/m0/s1. The first-order chi connectivity index (χ1) is 20.4. The van der Waals surface area contributed by atoms with Gasteiger partial charge in [0.2, 0.25) is 5.78 Å². The van der Waals surface area contributed by atoms with Crippen molar-refractivity contribution in [1.29, 1.82) is 0 Å². The molecule has 0 saturated heterocycles. The molecule has 0 heterocycles. The molecule has 11 nitrogen and oxygen atoms in total. The van der Waals surface area contributed by atoms with Gasteiger partial charge in [0.05, 0.1) is 18.7 Å². The number of likely N-dealkylation sites (N-methyl/N-ethyl adjacent to an activating group) is 1. The van der Waals surface area contributed by atoms with Crippen LogP contribution < -0.4 is 10.5 Å². The molecule has 6 N–H and O–H groups in total. The number of nitrogens with zero attached hydrogens (tertiary/aromatic N) is 2. The van der Waals surface area contributed by atoms with Gasteiger partial charge in [-0.25, -0.2) is 0 Å². The maximum atomic E-state index is 14.0. The SMILES string of the molecule is CCN(Cc1ccccc1)Cc1cc(O)c2c(c1OC)C[C@H]1C[C@H]3[C@H](N(C)C)C(=O)C(C(N)=O)=C(O)[C@@]3(O)C(=O)C1=C2O. The van der Waals surface area contributed by atoms with Crippen LogP contribution in [0.1, 0.15) is 35.6 Å². The van der Waals surface area contributed by atoms with Gasteiger partial charge < -0.3 is 30.9 Å². The van der Waals surface area contributed by atoms with Crippen molar-refractivity contribution >= 4 is 23.2 Å². The Kier molecular flexibility index (Phi) is 7.84. The van der Waals surface area contributed by atoms with Crippen LogP contribution in [0.2, 0.25) is 0 Å². The number of phenols is 1. The summed E-state index contributed by atoms with van der Waals surface area (Å²) in [5.74, 6) is -6.40. The molecule has 0 spiro atoms. The molecule has 2 aromatic carbocycles. The summed E-state index contributed by atoms with van der Waals surface area (Å²) in [6, 6.07) is 10.3. The van der Waals surface area contributed by atoms with Crippen molar-refractivity contribution in [2.75, 3.05) is 27.7 Å². The molecule has 43 heavy (non-hydrogen) atoms. The fraction of sp³-hybridized carbons (Fsp3) is 0.406. The number of aliphatic hydroxyl groups is 3. The molecule has 1 saturated carbocycles. The number of hydrogen-bond donors (Lipinski definition) is 5. The van der Waals surface area contributed by atoms with Crippen molar-refractivity contribution in [1.82, 2.24) is 9.80 Å². The monoisotopic (exact) mass is 591 g/mol. The third-order valence-corrected chi connectivity index (χ3v) is 9.04. The molecule has 5 rings (SSSR count). The van der Waals surface area contributed by atoms with Gasteiger partial charge in [0, 0.05) is 35.7 Å². The Morgan fingerprint density at radius 2 is 1.79 bits per heavy atom. The number of hydrogen-bond acceptors (Lipinski definition) is 10. The number of amides is 1. The summed E-state index contributed by atoms with van der Waals surface area (Å²) >= 11 is 0. The number of phenolic OH excluding ortho intramolecular Hbond substituents is 1. The van der Waals surface area contributed by atoms with Crippen molar-refractivity contribution in [2.45, 2.75) is 44.5 Å². The van der Waals surface area contributed by atoms with E-state index in [1.807, 2.05) is 37.3 Å². The quantitative estimate of drug-likeness (QED) is 0.286. The summed E-state index contributed by atoms with van der Waals surface area (Å²) in [6.07, 6.45) is 0.166. The smallest absolute Gasteiger partial charge is 0.255 e. The average molecular weight is 592 g/mol. The number of fused-ring (bicyclic) bond motifs is 3. The predicted molar refractivity (Wildman–Crippen MR) is 157 cm³/mol. The first-order valence-electron chi connectivity index (χ1n) is 14.2. The maximum absolute atomic E-state index is 14.0. The molecular weight excluding hydrogens is 554 g/mol. The van der Waals surface area contributed by atoms with E-state index in [2.05, 4.69) is 4.90 Å². The van der Waals surface area contributed by atoms with Crippen molar-refractivity contribution in [3.63, 3.8) is 0 Å². The minimum absolute atomic E-state index is 0.00278. The van der Waals surface area contributed by atoms with Gasteiger partial charge in [-0.3, -0.25) is 24.2 Å². The van der Waals surface area contributed by atoms with Crippen LogP contribution in [0.4, 0.5) is 0 Å². The highest BCUT2D eigenvalue weighted by Gasteiger charge is 2.64. The zero-order valence-corrected chi connectivity index (χ0v) is 24.6. The highest BCUT2D eigenvalue weighted by molar-refractivity contribution is 6.24. The van der Waals surface area contributed by atoms with E-state index >= 15 is 0 Å². The number of rotatable bonds is 8. The Balaban J connectivity index is 1.61. The molecule has 0 aromatic heterocycles. The fourth-order valence-corrected chi connectivity index (χ4v) is 7.09. The molecule has 1 fully saturated rings. The topological polar surface area (TPSA) is 174 Å². The Morgan fingerprint density at radius 3 is 2.37 bits per heavy atom. The number of carbonyl (C=O) groups is 3. The highest BCUT2D eigenvalue weighted by Crippen LogP contribution is 2.54. The number of aliphatic hydroxyl groups excluding tert-OH is 2. The van der Waals surface area contributed by atoms with Gasteiger partial charge in [-0.05, 0) is 51.0 Å². The summed E-state index contributed by atoms with van der Waals surface area (Å²) in [7, 11) is 4.63. The number of aromatic hydroxyl groups is 1. The predicted octanol–water partition coefficient (Wildman–Crippen LogP) is 1.99. The first-order valence-corrected chi connectivity index (χ1v) is 14.2. The van der Waals surface area contributed by atoms with Crippen molar-refractivity contribution in [3.05, 3.63) is 75.6 Å². The van der Waals surface area contributed by atoms with Gasteiger partial charge in [0.25, 0.3) is 5.91 Å². The average Bonchev–Trinajstić information content (AvgIpc) is 2.94. The van der Waals surface area contributed by atoms with E-state index in [0.717, 1.165) is 5.56 Å². The van der Waals surface area contributed by atoms with Crippen molar-refractivity contribution < 1.29 is 39.5 Å². The van der Waals surface area contributed by atoms with E-state index in [4.69, 9.17) is 10.5 Å². The van der Waals surface area contributed by atoms with E-state index in [0.29, 0.717) is 36.5 Å². The van der Waals surface area contributed by atoms with E-state index in [9.17, 15) is 34.8 Å². The molecule has 11 heteroatoms. The highest BCUT2D eigenvalue weighted by atomic mass is 16.5. The zero-order chi connectivity index (χ0) is 31.4. The lowest BCUT2D eigenvalue weighted by atomic mass is 9.57. The van der Waals surface area contributed by atoms with Crippen LogP contribution in [0, 0.1) is 11.8 Å². The van der Waals surface area contributed by atoms with E-state index in [1.165, 1.54) is 18.1 Å². The first kappa shape index (κ1) is 30.3. The molecule has 0 unspecified atom stereocenters. The summed E-state index contributed by atoms with van der Waals surface area (Å²) in [5, 5.41) is 45.4. The largest absolute Gasteiger partial charge is 0.508 e. The van der Waals surface area contributed by atoms with Crippen LogP contribution in [-0.4, -0.2) is 87.1 Å². The Bertz CT molecular complexity index is 1560. The molecule has 228 valence electrons. The van der Waals surface area contributed by atoms with Crippen molar-refractivity contribution in [3.8, 4) is 11.5 Å². The molecule has 0 radical (unpaired) electrons. The maximum Gasteiger partial charge on any atom is 0.255 e. The molecule has 1 amide bonds. The van der Waals surface area contributed by atoms with Crippen LogP contribution >= 0.6 is 0 Å². The number of benzene rings is 2. The summed E-state index contributed by atoms with van der Waals surface area (Å²) in [5.41, 5.74) is 3.98. The van der Waals surface area contributed by atoms with Gasteiger partial charge in [0.1, 0.15) is 28.6 Å². The van der Waals surface area contributed by atoms with Crippen LogP contribution in [0.5, 0.6) is 11.5 Å². The van der Waals surface area contributed by atoms with E-state index < -0.39 is 58.0 Å². The summed E-state index contributed by atoms with van der Waals surface area (Å²) in [6.45, 7) is 3.84. The number of ketones is 2. The third-order valence-electron chi connectivity index (χ3n) is 9.04. The van der Waals surface area contributed by atoms with Gasteiger partial charge >= 0.3 is 0 Å². The molecule has 4 atom stereocenters. The van der Waals surface area contributed by atoms with E-state index in [-0.39, 0.29) is 29.7 Å². The van der Waals surface area contributed by atoms with Crippen LogP contribution in [0.25, 0.3) is 5.76 Å². The minimum Gasteiger partial charge on any atom is -0.508 e. The number of nitrogens with two attached hydrogens (primary N) is 1. The van der Waals surface area contributed by atoms with Crippen LogP contribution in [-0.2, 0) is 33.9 Å². The number of ether oxygens (including phenoxy) is 1. The van der Waals surface area contributed by atoms with Crippen LogP contribution in [0.15, 0.2) is 53.3 Å². The second kappa shape index (κ2) is 11.1. The fourth-order valence-electron chi connectivity index (χ4n) is 7.09. The van der Waals surface area contributed by atoms with Gasteiger partial charge in [0.15, 0.2) is 11.4 Å². The number of Topliss-reactive ketones (excluding diaryl/α,β-unsaturated/α-hetero) is 2. The lowest BCUT2D eigenvalue weighted by molar-refractivity contribution is -0.153. The van der Waals surface area contributed by atoms with Gasteiger partial charge in [-0.1, -0.05) is 37.3 Å². The Labute approximate surface area is 249 Å². The van der Waals surface area contributed by atoms with Gasteiger partial charge in [-0.2, -0.15) is 0 Å². The molecular formula is C32H37N3O8. The third kappa shape index (κ3) is 4.68. The molecule has 0 aliphatic heterocycles. The summed E-state index contributed by atoms with van der Waals surface area (Å²) < 4.78 is 5.84. The number of primary amides is 1. The minimum atomic E-state index is -2.68. The van der Waals surface area contributed by atoms with Crippen molar-refractivity contribution in [2.24, 2.45) is 17.6 Å². The van der Waals surface area contributed by atoms with Gasteiger partial charge in [-0.15, -0.1) is 0 Å². The molecule has 3 aliphatic rings. The Morgan fingerprint density at radius 1 is 1.12 bits per heavy atom. The van der Waals surface area contributed by atoms with E-state index in [1.54, 1.807) is 14.1 Å². The second-order valence-electron chi connectivity index (χ2n) is 11.7. The normalized spacial score (nSPS) is 25.1. The zero-order valence-electron chi connectivity index (χ0n) is 24.6. The summed E-state index contributed by atoms with van der Waals surface area (Å²) in [4.78, 5) is 43.1.